The lowest BCUT2D eigenvalue weighted by Crippen LogP contribution is -2.62. The van der Waals surface area contributed by atoms with Gasteiger partial charge in [-0.2, -0.15) is 0 Å². The van der Waals surface area contributed by atoms with Crippen LogP contribution in [0, 0.1) is 17.2 Å². The van der Waals surface area contributed by atoms with Crippen LogP contribution in [0.1, 0.15) is 94.9 Å². The summed E-state index contributed by atoms with van der Waals surface area (Å²) in [6.07, 6.45) is 2.19. The molecule has 1 aliphatic rings. The molecule has 25 N–H and O–H groups in total. The minimum absolute atomic E-state index is 0.0184. The van der Waals surface area contributed by atoms with Crippen LogP contribution in [-0.2, 0) is 92.8 Å². The summed E-state index contributed by atoms with van der Waals surface area (Å²) in [7, 11) is 0. The van der Waals surface area contributed by atoms with Gasteiger partial charge in [0, 0.05) is 65.8 Å². The average molecular weight is 1630 g/mol. The number of carbonyl (C=O) groups is 14. The van der Waals surface area contributed by atoms with Gasteiger partial charge in [0.15, 0.2) is 5.96 Å². The third kappa shape index (κ3) is 27.4. The summed E-state index contributed by atoms with van der Waals surface area (Å²) in [6, 6.07) is 18.8. The number of para-hydroxylation sites is 2. The predicted octanol–water partition coefficient (Wildman–Crippen LogP) is -1.28. The maximum atomic E-state index is 15.1. The number of unbranched alkanes of at least 4 members (excludes halogenated alkanes) is 1. The molecule has 0 saturated carbocycles. The summed E-state index contributed by atoms with van der Waals surface area (Å²) in [5, 5.41) is 55.4. The topological polar surface area (TPSA) is 575 Å². The molecule has 0 bridgehead atoms. The summed E-state index contributed by atoms with van der Waals surface area (Å²) in [4.78, 5) is 208. The number of aromatic amines is 2. The number of H-pyrrole nitrogens is 2. The number of aliphatic hydroxyl groups is 1. The van der Waals surface area contributed by atoms with Crippen molar-refractivity contribution in [1.82, 2.24) is 79.1 Å². The normalized spacial score (nSPS) is 22.4. The van der Waals surface area contributed by atoms with Crippen molar-refractivity contribution in [3.63, 3.8) is 0 Å². The number of benzene rings is 5. The van der Waals surface area contributed by atoms with Crippen LogP contribution >= 0.6 is 11.8 Å². The second-order valence-electron chi connectivity index (χ2n) is 29.4. The number of guanidine groups is 1. The number of thioether (sulfide) groups is 1. The van der Waals surface area contributed by atoms with Gasteiger partial charge in [-0.25, -0.2) is 0 Å². The van der Waals surface area contributed by atoms with E-state index in [9.17, 15) is 57.8 Å². The first-order valence-corrected chi connectivity index (χ1v) is 39.9. The Labute approximate surface area is 679 Å². The second kappa shape index (κ2) is 44.4. The van der Waals surface area contributed by atoms with Gasteiger partial charge in [-0.05, 0) is 108 Å². The van der Waals surface area contributed by atoms with E-state index in [1.807, 2.05) is 36.4 Å². The molecule has 3 heterocycles. The van der Waals surface area contributed by atoms with E-state index >= 15 is 14.4 Å². The number of aliphatic hydroxyl groups excluding tert-OH is 1. The number of hydrogen-bond donors (Lipinski definition) is 21. The molecule has 11 atom stereocenters. The number of rotatable bonds is 23. The van der Waals surface area contributed by atoms with Crippen LogP contribution in [0.5, 0.6) is 0 Å². The Morgan fingerprint density at radius 3 is 1.51 bits per heavy atom. The Balaban J connectivity index is 1.16. The third-order valence-electron chi connectivity index (χ3n) is 19.7. The second-order valence-corrected chi connectivity index (χ2v) is 30.5. The molecule has 5 aromatic carbocycles. The van der Waals surface area contributed by atoms with Gasteiger partial charge in [-0.3, -0.25) is 72.5 Å². The zero-order chi connectivity index (χ0) is 84.8. The molecule has 117 heavy (non-hydrogen) atoms. The molecule has 36 heteroatoms. The number of aryl methyl sites for hydroxylation is 1. The van der Waals surface area contributed by atoms with Gasteiger partial charge in [-0.1, -0.05) is 137 Å². The van der Waals surface area contributed by atoms with Crippen LogP contribution in [-0.4, -0.2) is 208 Å². The molecule has 1 saturated heterocycles. The number of amides is 14. The van der Waals surface area contributed by atoms with E-state index < -0.39 is 192 Å². The highest BCUT2D eigenvalue weighted by Gasteiger charge is 2.39. The summed E-state index contributed by atoms with van der Waals surface area (Å²) >= 11 is 0.863. The maximum Gasteiger partial charge on any atom is 0.245 e. The molecule has 0 spiro atoms. The molecular formula is C81H106N20O15S. The van der Waals surface area contributed by atoms with Crippen LogP contribution < -0.4 is 92.1 Å². The van der Waals surface area contributed by atoms with E-state index in [0.29, 0.717) is 44.9 Å². The van der Waals surface area contributed by atoms with E-state index in [1.54, 1.807) is 125 Å². The zero-order valence-corrected chi connectivity index (χ0v) is 66.4. The Kier molecular flexibility index (Phi) is 34.2. The summed E-state index contributed by atoms with van der Waals surface area (Å²) < 4.78 is 0. The number of nitrogens with one attached hydrogen (secondary N) is 16. The molecule has 0 radical (unpaired) electrons. The van der Waals surface area contributed by atoms with Crippen LogP contribution in [0.2, 0.25) is 0 Å². The van der Waals surface area contributed by atoms with Crippen LogP contribution in [0.3, 0.4) is 0 Å². The molecule has 14 amide bonds. The molecule has 1 fully saturated rings. The maximum absolute atomic E-state index is 15.1. The lowest BCUT2D eigenvalue weighted by Gasteiger charge is -2.29. The van der Waals surface area contributed by atoms with Crippen LogP contribution in [0.15, 0.2) is 134 Å². The molecule has 35 nitrogen and oxygen atoms in total. The molecule has 626 valence electrons. The highest BCUT2D eigenvalue weighted by Crippen LogP contribution is 2.24. The number of primary amides is 2. The molecular weight excluding hydrogens is 1530 g/mol. The number of nitrogens with two attached hydrogens (primary N) is 4. The lowest BCUT2D eigenvalue weighted by atomic mass is 9.98. The molecule has 0 unspecified atom stereocenters. The van der Waals surface area contributed by atoms with E-state index in [2.05, 4.69) is 79.1 Å². The quantitative estimate of drug-likeness (QED) is 0.0201. The van der Waals surface area contributed by atoms with E-state index in [0.717, 1.165) is 28.1 Å². The van der Waals surface area contributed by atoms with E-state index in [1.165, 1.54) is 0 Å². The standard InChI is InChI=1S/C81H106N20O15S/c1-44(2)68-79(115)94-57(25-14-15-31-82)73(109)95-60(35-50-38-88-54-23-12-10-21-52(50)54)77(113)101-69(45(3)4)80(116)99-64(70(84)106)42-117-43-67(105)92-59(34-47-27-29-48-19-8-9-20-49(48)33-47)75(111)93-58(30-28-46-17-6-5-7-18-46)74(110)98-63(41-102)71(107)90-40-66(104)91-56(26-16-32-87-81(85)86)72(108)97-62(37-65(83)103)76(112)96-61(78(114)100-68)36-51-39-89-55-24-13-11-22-53(51)55/h5-13,17-24,27,29,33,38-39,44-45,56-64,68-69,88-89,102H,14-16,25-26,28,30-32,34-37,40-43,82H2,1-4H3,(H2,83,103)(H2,84,106)(H,90,107)(H,91,104)(H,92,105)(H,93,111)(H,94,115)(H,95,109)(H,96,112)(H,97,108)(H,98,110)(H,99,116)(H,100,114)(H,101,113)(H4,85,86,87)/t56-,57-,58-,59-,60-,61-,62-,63-,64-,68-,69-/m0/s1. The lowest BCUT2D eigenvalue weighted by molar-refractivity contribution is -0.137. The number of carbonyl (C=O) groups excluding carboxylic acids is 14. The first kappa shape index (κ1) is 90.1. The molecule has 0 aliphatic carbocycles. The minimum Gasteiger partial charge on any atom is -0.394 e. The smallest absolute Gasteiger partial charge is 0.245 e. The number of fused-ring (bicyclic) bond motifs is 3. The van der Waals surface area contributed by atoms with Gasteiger partial charge in [0.2, 0.25) is 82.7 Å². The number of hydrogen-bond acceptors (Lipinski definition) is 18. The molecule has 7 aromatic rings. The van der Waals surface area contributed by atoms with Gasteiger partial charge in [-0.15, -0.1) is 11.8 Å². The van der Waals surface area contributed by atoms with Crippen molar-refractivity contribution in [3.05, 3.63) is 156 Å². The Bertz CT molecular complexity index is 4690. The van der Waals surface area contributed by atoms with Crippen molar-refractivity contribution < 1.29 is 72.2 Å². The largest absolute Gasteiger partial charge is 0.394 e. The Morgan fingerprint density at radius 1 is 0.479 bits per heavy atom. The summed E-state index contributed by atoms with van der Waals surface area (Å²) in [5.41, 5.74) is 26.8. The Hall–Kier alpha value is -12.4. The van der Waals surface area contributed by atoms with Crippen molar-refractivity contribution in [2.75, 3.05) is 37.7 Å². The Morgan fingerprint density at radius 2 is 0.949 bits per heavy atom. The summed E-state index contributed by atoms with van der Waals surface area (Å²) in [5.74, 6) is -16.1. The van der Waals surface area contributed by atoms with Crippen molar-refractivity contribution >= 4 is 133 Å². The highest BCUT2D eigenvalue weighted by atomic mass is 32.2. The van der Waals surface area contributed by atoms with Crippen LogP contribution in [0.25, 0.3) is 32.6 Å². The average Bonchev–Trinajstić information content (AvgIpc) is 1.79. The predicted molar refractivity (Wildman–Crippen MR) is 440 cm³/mol. The van der Waals surface area contributed by atoms with Crippen molar-refractivity contribution in [2.24, 2.45) is 34.8 Å². The van der Waals surface area contributed by atoms with Crippen LogP contribution in [0.4, 0.5) is 0 Å². The molecule has 2 aromatic heterocycles. The van der Waals surface area contributed by atoms with Gasteiger partial charge >= 0.3 is 0 Å². The van der Waals surface area contributed by atoms with E-state index in [4.69, 9.17) is 28.3 Å². The van der Waals surface area contributed by atoms with Crippen molar-refractivity contribution in [1.29, 1.82) is 5.41 Å². The zero-order valence-electron chi connectivity index (χ0n) is 65.6. The van der Waals surface area contributed by atoms with Crippen molar-refractivity contribution in [2.45, 2.75) is 165 Å². The molecule has 8 rings (SSSR count). The minimum atomic E-state index is -1.87. The van der Waals surface area contributed by atoms with Gasteiger partial charge < -0.3 is 107 Å². The number of aromatic nitrogens is 2. The third-order valence-corrected chi connectivity index (χ3v) is 20.8. The van der Waals surface area contributed by atoms with Gasteiger partial charge in [0.05, 0.1) is 25.3 Å². The fourth-order valence-electron chi connectivity index (χ4n) is 13.4. The highest BCUT2D eigenvalue weighted by molar-refractivity contribution is 8.00. The first-order chi connectivity index (χ1) is 56.0. The fourth-order valence-corrected chi connectivity index (χ4v) is 14.2. The van der Waals surface area contributed by atoms with Gasteiger partial charge in [0.25, 0.3) is 0 Å². The van der Waals surface area contributed by atoms with Gasteiger partial charge in [0.1, 0.15) is 66.5 Å². The first-order valence-electron chi connectivity index (χ1n) is 38.7. The summed E-state index contributed by atoms with van der Waals surface area (Å²) in [6.45, 7) is 4.67. The fraction of sp³-hybridized carbons (Fsp3) is 0.420. The van der Waals surface area contributed by atoms with Crippen molar-refractivity contribution in [3.8, 4) is 0 Å². The SMILES string of the molecule is CC(C)[C@@H]1NC(=O)[C@H](Cc2c[nH]c3ccccc23)NC(=O)[C@H](CCCCN)NC(=O)[C@H](C(C)C)NC(=O)[C@H](Cc2c[nH]c3ccccc23)NC(=O)[C@H](CC(N)=O)NC(=O)[C@H](CCCNC(=N)N)NC(=O)CNC(=O)[C@H](CO)NC(=O)[C@H](CCc2ccccc2)NC(=O)[C@H](Cc2ccc3ccccc3c2)NC(=O)CSC[C@@H](C(N)=O)NC1=O. The molecule has 1 aliphatic heterocycles. The van der Waals surface area contributed by atoms with E-state index in [-0.39, 0.29) is 76.6 Å². The monoisotopic (exact) mass is 1630 g/mol.